The van der Waals surface area contributed by atoms with Crippen molar-refractivity contribution in [3.63, 3.8) is 0 Å². The van der Waals surface area contributed by atoms with Crippen LogP contribution >= 0.6 is 24.8 Å². The number of pyridine rings is 1. The predicted octanol–water partition coefficient (Wildman–Crippen LogP) is 3.97. The molecule has 23 heavy (non-hydrogen) atoms. The summed E-state index contributed by atoms with van der Waals surface area (Å²) in [5.74, 6) is -0.216. The van der Waals surface area contributed by atoms with E-state index in [2.05, 4.69) is 27.8 Å². The Balaban J connectivity index is 0.00000132. The summed E-state index contributed by atoms with van der Waals surface area (Å²) in [7, 11) is 0. The molecule has 1 aromatic heterocycles. The van der Waals surface area contributed by atoms with E-state index in [0.717, 1.165) is 36.0 Å². The SMILES string of the molecule is Cl.Cl.Fc1ccc(NCc2ccc(CCNC3CC3)nc2)cc1. The van der Waals surface area contributed by atoms with Crippen LogP contribution in [0.15, 0.2) is 42.6 Å². The number of nitrogens with one attached hydrogen (secondary N) is 2. The van der Waals surface area contributed by atoms with Crippen molar-refractivity contribution in [1.29, 1.82) is 0 Å². The zero-order chi connectivity index (χ0) is 14.5. The van der Waals surface area contributed by atoms with E-state index < -0.39 is 0 Å². The van der Waals surface area contributed by atoms with Crippen molar-refractivity contribution in [2.24, 2.45) is 0 Å². The first kappa shape index (κ1) is 19.7. The molecule has 0 aliphatic heterocycles. The Morgan fingerprint density at radius 3 is 2.39 bits per heavy atom. The first-order chi connectivity index (χ1) is 10.3. The van der Waals surface area contributed by atoms with E-state index in [1.54, 1.807) is 12.1 Å². The van der Waals surface area contributed by atoms with Gasteiger partial charge in [0.05, 0.1) is 0 Å². The molecular weight excluding hydrogens is 336 g/mol. The lowest BCUT2D eigenvalue weighted by molar-refractivity contribution is 0.628. The third-order valence-corrected chi connectivity index (χ3v) is 3.62. The number of halogens is 3. The molecule has 126 valence electrons. The highest BCUT2D eigenvalue weighted by Crippen LogP contribution is 2.18. The fourth-order valence-electron chi connectivity index (χ4n) is 2.17. The minimum absolute atomic E-state index is 0. The van der Waals surface area contributed by atoms with Gasteiger partial charge < -0.3 is 10.6 Å². The molecule has 3 nitrogen and oxygen atoms in total. The number of anilines is 1. The van der Waals surface area contributed by atoms with Gasteiger partial charge in [0.15, 0.2) is 0 Å². The topological polar surface area (TPSA) is 37.0 Å². The molecular formula is C17H22Cl2FN3. The average molecular weight is 358 g/mol. The summed E-state index contributed by atoms with van der Waals surface area (Å²) in [5, 5.41) is 6.74. The van der Waals surface area contributed by atoms with Crippen LogP contribution < -0.4 is 10.6 Å². The van der Waals surface area contributed by atoms with Gasteiger partial charge in [0, 0.05) is 43.1 Å². The number of rotatable bonds is 7. The van der Waals surface area contributed by atoms with Gasteiger partial charge in [0.25, 0.3) is 0 Å². The Morgan fingerprint density at radius 1 is 1.04 bits per heavy atom. The van der Waals surface area contributed by atoms with Gasteiger partial charge in [-0.05, 0) is 48.7 Å². The van der Waals surface area contributed by atoms with Crippen LogP contribution in [0.1, 0.15) is 24.1 Å². The Kier molecular flexibility index (Phi) is 8.31. The summed E-state index contributed by atoms with van der Waals surface area (Å²) < 4.78 is 12.8. The van der Waals surface area contributed by atoms with Crippen LogP contribution in [0.5, 0.6) is 0 Å². The van der Waals surface area contributed by atoms with Gasteiger partial charge in [-0.15, -0.1) is 24.8 Å². The normalized spacial score (nSPS) is 12.9. The first-order valence-electron chi connectivity index (χ1n) is 7.46. The van der Waals surface area contributed by atoms with Gasteiger partial charge in [-0.3, -0.25) is 4.98 Å². The highest BCUT2D eigenvalue weighted by atomic mass is 35.5. The fourth-order valence-corrected chi connectivity index (χ4v) is 2.17. The van der Waals surface area contributed by atoms with Crippen molar-refractivity contribution in [3.05, 3.63) is 59.7 Å². The smallest absolute Gasteiger partial charge is 0.123 e. The van der Waals surface area contributed by atoms with Crippen LogP contribution in [0.4, 0.5) is 10.1 Å². The monoisotopic (exact) mass is 357 g/mol. The number of hydrogen-bond donors (Lipinski definition) is 2. The number of nitrogens with zero attached hydrogens (tertiary/aromatic N) is 1. The van der Waals surface area contributed by atoms with Crippen LogP contribution in [-0.2, 0) is 13.0 Å². The van der Waals surface area contributed by atoms with E-state index >= 15 is 0 Å². The highest BCUT2D eigenvalue weighted by Gasteiger charge is 2.19. The van der Waals surface area contributed by atoms with Crippen LogP contribution in [0.2, 0.25) is 0 Å². The third kappa shape index (κ3) is 6.73. The standard InChI is InChI=1S/C17H20FN3.2ClH/c18-14-2-5-16(6-3-14)20-11-13-1-4-17(21-12-13)9-10-19-15-7-8-15;;/h1-6,12,15,19-20H,7-11H2;2*1H. The quantitative estimate of drug-likeness (QED) is 0.786. The van der Waals surface area contributed by atoms with E-state index in [9.17, 15) is 4.39 Å². The summed E-state index contributed by atoms with van der Waals surface area (Å²) in [4.78, 5) is 4.48. The molecule has 0 saturated heterocycles. The molecule has 0 atom stereocenters. The van der Waals surface area contributed by atoms with Crippen molar-refractivity contribution in [3.8, 4) is 0 Å². The molecule has 3 rings (SSSR count). The molecule has 0 spiro atoms. The molecule has 1 aliphatic rings. The van der Waals surface area contributed by atoms with Crippen molar-refractivity contribution >= 4 is 30.5 Å². The van der Waals surface area contributed by atoms with E-state index in [1.807, 2.05) is 6.20 Å². The largest absolute Gasteiger partial charge is 0.381 e. The lowest BCUT2D eigenvalue weighted by atomic mass is 10.2. The third-order valence-electron chi connectivity index (χ3n) is 3.62. The van der Waals surface area contributed by atoms with Gasteiger partial charge >= 0.3 is 0 Å². The molecule has 1 aliphatic carbocycles. The molecule has 2 N–H and O–H groups in total. The first-order valence-corrected chi connectivity index (χ1v) is 7.46. The summed E-state index contributed by atoms with van der Waals surface area (Å²) in [6.45, 7) is 1.70. The minimum atomic E-state index is -0.216. The van der Waals surface area contributed by atoms with Crippen LogP contribution in [0, 0.1) is 5.82 Å². The van der Waals surface area contributed by atoms with Crippen LogP contribution in [-0.4, -0.2) is 17.6 Å². The zero-order valence-electron chi connectivity index (χ0n) is 12.8. The Labute approximate surface area is 148 Å². The second kappa shape index (κ2) is 9.71. The maximum Gasteiger partial charge on any atom is 0.123 e. The second-order valence-electron chi connectivity index (χ2n) is 5.50. The van der Waals surface area contributed by atoms with E-state index in [0.29, 0.717) is 6.54 Å². The maximum atomic E-state index is 12.8. The summed E-state index contributed by atoms with van der Waals surface area (Å²) >= 11 is 0. The van der Waals surface area contributed by atoms with E-state index in [1.165, 1.54) is 25.0 Å². The molecule has 1 fully saturated rings. The average Bonchev–Trinajstić information content (AvgIpc) is 3.32. The summed E-state index contributed by atoms with van der Waals surface area (Å²) in [6.07, 6.45) is 5.52. The molecule has 1 heterocycles. The molecule has 0 radical (unpaired) electrons. The Hall–Kier alpha value is -1.36. The van der Waals surface area contributed by atoms with Crippen molar-refractivity contribution in [1.82, 2.24) is 10.3 Å². The molecule has 6 heteroatoms. The number of hydrogen-bond acceptors (Lipinski definition) is 3. The van der Waals surface area contributed by atoms with Crippen LogP contribution in [0.3, 0.4) is 0 Å². The van der Waals surface area contributed by atoms with Gasteiger partial charge in [0.2, 0.25) is 0 Å². The van der Waals surface area contributed by atoms with Crippen molar-refractivity contribution in [2.45, 2.75) is 31.8 Å². The fraction of sp³-hybridized carbons (Fsp3) is 0.353. The van der Waals surface area contributed by atoms with Gasteiger partial charge in [-0.2, -0.15) is 0 Å². The molecule has 0 bridgehead atoms. The lowest BCUT2D eigenvalue weighted by Crippen LogP contribution is -2.19. The highest BCUT2D eigenvalue weighted by molar-refractivity contribution is 5.85. The van der Waals surface area contributed by atoms with Crippen molar-refractivity contribution in [2.75, 3.05) is 11.9 Å². The van der Waals surface area contributed by atoms with Gasteiger partial charge in [0.1, 0.15) is 5.82 Å². The Bertz CT molecular complexity index is 571. The molecule has 0 amide bonds. The van der Waals surface area contributed by atoms with Crippen molar-refractivity contribution < 1.29 is 4.39 Å². The number of benzene rings is 1. The van der Waals surface area contributed by atoms with E-state index in [-0.39, 0.29) is 30.6 Å². The second-order valence-corrected chi connectivity index (χ2v) is 5.50. The molecule has 0 unspecified atom stereocenters. The zero-order valence-corrected chi connectivity index (χ0v) is 14.4. The van der Waals surface area contributed by atoms with Crippen LogP contribution in [0.25, 0.3) is 0 Å². The molecule has 2 aromatic rings. The van der Waals surface area contributed by atoms with Gasteiger partial charge in [-0.1, -0.05) is 6.07 Å². The molecule has 1 saturated carbocycles. The summed E-state index contributed by atoms with van der Waals surface area (Å²) in [5.41, 5.74) is 3.15. The lowest BCUT2D eigenvalue weighted by Gasteiger charge is -2.07. The minimum Gasteiger partial charge on any atom is -0.381 e. The number of aromatic nitrogens is 1. The van der Waals surface area contributed by atoms with E-state index in [4.69, 9.17) is 0 Å². The van der Waals surface area contributed by atoms with Gasteiger partial charge in [-0.25, -0.2) is 4.39 Å². The maximum absolute atomic E-state index is 12.8. The molecule has 1 aromatic carbocycles. The summed E-state index contributed by atoms with van der Waals surface area (Å²) in [6, 6.07) is 11.3. The predicted molar refractivity (Wildman–Crippen MR) is 97.2 cm³/mol. The Morgan fingerprint density at radius 2 is 1.78 bits per heavy atom.